The van der Waals surface area contributed by atoms with Crippen molar-refractivity contribution in [3.8, 4) is 5.88 Å². The number of carbonyl (C=O) groups is 1. The lowest BCUT2D eigenvalue weighted by Gasteiger charge is -2.15. The first-order valence-electron chi connectivity index (χ1n) is 7.18. The number of benzene rings is 1. The lowest BCUT2D eigenvalue weighted by molar-refractivity contribution is -0.121. The fourth-order valence-corrected chi connectivity index (χ4v) is 1.95. The zero-order valence-corrected chi connectivity index (χ0v) is 13.1. The Bertz CT molecular complexity index is 609. The normalized spacial score (nSPS) is 11.6. The van der Waals surface area contributed by atoms with Gasteiger partial charge >= 0.3 is 0 Å². The molecule has 5 nitrogen and oxygen atoms in total. The quantitative estimate of drug-likeness (QED) is 0.860. The number of rotatable bonds is 6. The highest BCUT2D eigenvalue weighted by Crippen LogP contribution is 2.12. The van der Waals surface area contributed by atoms with Crippen LogP contribution in [0.5, 0.6) is 5.88 Å². The van der Waals surface area contributed by atoms with Crippen molar-refractivity contribution in [2.24, 2.45) is 0 Å². The number of ether oxygens (including phenoxy) is 1. The number of amides is 1. The predicted octanol–water partition coefficient (Wildman–Crippen LogP) is 2.52. The maximum Gasteiger partial charge on any atom is 0.242 e. The Labute approximate surface area is 130 Å². The summed E-state index contributed by atoms with van der Waals surface area (Å²) >= 11 is 0. The second-order valence-electron chi connectivity index (χ2n) is 5.16. The Balaban J connectivity index is 1.84. The maximum atomic E-state index is 12.1. The van der Waals surface area contributed by atoms with Gasteiger partial charge in [0, 0.05) is 12.6 Å². The number of aromatic nitrogens is 1. The highest BCUT2D eigenvalue weighted by Gasteiger charge is 2.12. The summed E-state index contributed by atoms with van der Waals surface area (Å²) in [4.78, 5) is 16.2. The molecule has 0 fully saturated rings. The predicted molar refractivity (Wildman–Crippen MR) is 86.9 cm³/mol. The van der Waals surface area contributed by atoms with Crippen LogP contribution in [0.1, 0.15) is 18.1 Å². The third kappa shape index (κ3) is 4.48. The minimum absolute atomic E-state index is 0.0589. The van der Waals surface area contributed by atoms with E-state index in [1.54, 1.807) is 19.4 Å². The van der Waals surface area contributed by atoms with Crippen molar-refractivity contribution in [1.82, 2.24) is 10.3 Å². The minimum Gasteiger partial charge on any atom is -0.481 e. The number of nitrogens with zero attached hydrogens (tertiary/aromatic N) is 1. The second kappa shape index (κ2) is 7.45. The molecule has 0 radical (unpaired) electrons. The van der Waals surface area contributed by atoms with Crippen LogP contribution in [0.4, 0.5) is 5.69 Å². The van der Waals surface area contributed by atoms with Gasteiger partial charge in [-0.05, 0) is 25.5 Å². The van der Waals surface area contributed by atoms with Crippen molar-refractivity contribution in [2.75, 3.05) is 12.4 Å². The lowest BCUT2D eigenvalue weighted by Crippen LogP contribution is -2.37. The first-order chi connectivity index (χ1) is 10.6. The van der Waals surface area contributed by atoms with Gasteiger partial charge in [-0.1, -0.05) is 29.8 Å². The molecule has 0 bridgehead atoms. The molecule has 0 saturated carbocycles. The summed E-state index contributed by atoms with van der Waals surface area (Å²) in [7, 11) is 1.57. The van der Waals surface area contributed by atoms with Crippen LogP contribution in [0.3, 0.4) is 0 Å². The van der Waals surface area contributed by atoms with Crippen molar-refractivity contribution >= 4 is 11.6 Å². The van der Waals surface area contributed by atoms with Crippen molar-refractivity contribution in [3.63, 3.8) is 0 Å². The summed E-state index contributed by atoms with van der Waals surface area (Å²) in [5, 5.41) is 6.02. The van der Waals surface area contributed by atoms with Gasteiger partial charge in [0.1, 0.15) is 6.04 Å². The summed E-state index contributed by atoms with van der Waals surface area (Å²) in [6.07, 6.45) is 1.64. The molecular formula is C17H21N3O2. The topological polar surface area (TPSA) is 63.2 Å². The molecule has 2 N–H and O–H groups in total. The standard InChI is InChI=1S/C17H21N3O2/c1-12-4-6-14(7-5-12)10-19-17(21)13(2)20-15-8-9-16(22-3)18-11-15/h4-9,11,13,20H,10H2,1-3H3,(H,19,21). The van der Waals surface area contributed by atoms with E-state index in [0.29, 0.717) is 12.4 Å². The molecule has 0 aliphatic carbocycles. The molecule has 116 valence electrons. The van der Waals surface area contributed by atoms with Gasteiger partial charge in [0.2, 0.25) is 11.8 Å². The zero-order chi connectivity index (χ0) is 15.9. The lowest BCUT2D eigenvalue weighted by atomic mass is 10.1. The molecule has 5 heteroatoms. The minimum atomic E-state index is -0.347. The van der Waals surface area contributed by atoms with Crippen molar-refractivity contribution in [2.45, 2.75) is 26.4 Å². The molecule has 0 saturated heterocycles. The summed E-state index contributed by atoms with van der Waals surface area (Å²) in [6, 6.07) is 11.3. The molecular weight excluding hydrogens is 278 g/mol. The average molecular weight is 299 g/mol. The molecule has 1 aromatic heterocycles. The number of aryl methyl sites for hydroxylation is 1. The van der Waals surface area contributed by atoms with E-state index in [4.69, 9.17) is 4.74 Å². The van der Waals surface area contributed by atoms with E-state index in [2.05, 4.69) is 15.6 Å². The second-order valence-corrected chi connectivity index (χ2v) is 5.16. The molecule has 0 spiro atoms. The van der Waals surface area contributed by atoms with Crippen LogP contribution in [0.2, 0.25) is 0 Å². The smallest absolute Gasteiger partial charge is 0.242 e. The molecule has 1 atom stereocenters. The van der Waals surface area contributed by atoms with E-state index in [0.717, 1.165) is 11.3 Å². The van der Waals surface area contributed by atoms with Crippen LogP contribution in [0.25, 0.3) is 0 Å². The monoisotopic (exact) mass is 299 g/mol. The zero-order valence-electron chi connectivity index (χ0n) is 13.1. The summed E-state index contributed by atoms with van der Waals surface area (Å²) < 4.78 is 5.00. The van der Waals surface area contributed by atoms with Gasteiger partial charge in [-0.2, -0.15) is 0 Å². The molecule has 0 aliphatic rings. The Morgan fingerprint density at radius 2 is 1.95 bits per heavy atom. The number of anilines is 1. The van der Waals surface area contributed by atoms with Crippen LogP contribution in [0.15, 0.2) is 42.6 Å². The van der Waals surface area contributed by atoms with E-state index in [9.17, 15) is 4.79 Å². The molecule has 22 heavy (non-hydrogen) atoms. The van der Waals surface area contributed by atoms with Gasteiger partial charge < -0.3 is 15.4 Å². The molecule has 2 rings (SSSR count). The van der Waals surface area contributed by atoms with E-state index in [-0.39, 0.29) is 11.9 Å². The van der Waals surface area contributed by atoms with Crippen molar-refractivity contribution in [1.29, 1.82) is 0 Å². The highest BCUT2D eigenvalue weighted by molar-refractivity contribution is 5.84. The van der Waals surface area contributed by atoms with Crippen LogP contribution in [0, 0.1) is 6.92 Å². The van der Waals surface area contributed by atoms with Gasteiger partial charge in [0.25, 0.3) is 0 Å². The molecule has 1 heterocycles. The van der Waals surface area contributed by atoms with Crippen molar-refractivity contribution in [3.05, 3.63) is 53.7 Å². The number of nitrogens with one attached hydrogen (secondary N) is 2. The maximum absolute atomic E-state index is 12.1. The van der Waals surface area contributed by atoms with Gasteiger partial charge in [-0.25, -0.2) is 4.98 Å². The molecule has 1 unspecified atom stereocenters. The molecule has 1 amide bonds. The number of pyridine rings is 1. The first kappa shape index (κ1) is 15.8. The number of methoxy groups -OCH3 is 1. The van der Waals surface area contributed by atoms with Gasteiger partial charge in [0.05, 0.1) is 19.0 Å². The summed E-state index contributed by atoms with van der Waals surface area (Å²) in [6.45, 7) is 4.37. The highest BCUT2D eigenvalue weighted by atomic mass is 16.5. The van der Waals surface area contributed by atoms with E-state index >= 15 is 0 Å². The fraction of sp³-hybridized carbons (Fsp3) is 0.294. The Morgan fingerprint density at radius 3 is 2.55 bits per heavy atom. The molecule has 0 aliphatic heterocycles. The molecule has 1 aromatic carbocycles. The van der Waals surface area contributed by atoms with Crippen LogP contribution < -0.4 is 15.4 Å². The Kier molecular flexibility index (Phi) is 5.36. The Morgan fingerprint density at radius 1 is 1.23 bits per heavy atom. The largest absolute Gasteiger partial charge is 0.481 e. The van der Waals surface area contributed by atoms with Gasteiger partial charge in [-0.15, -0.1) is 0 Å². The third-order valence-corrected chi connectivity index (χ3v) is 3.31. The van der Waals surface area contributed by atoms with E-state index in [1.807, 2.05) is 44.2 Å². The van der Waals surface area contributed by atoms with Crippen LogP contribution in [-0.4, -0.2) is 24.0 Å². The SMILES string of the molecule is COc1ccc(NC(C)C(=O)NCc2ccc(C)cc2)cn1. The van der Waals surface area contributed by atoms with Gasteiger partial charge in [-0.3, -0.25) is 4.79 Å². The van der Waals surface area contributed by atoms with E-state index in [1.165, 1.54) is 5.56 Å². The number of hydrogen-bond acceptors (Lipinski definition) is 4. The molecule has 2 aromatic rings. The van der Waals surface area contributed by atoms with Crippen LogP contribution in [-0.2, 0) is 11.3 Å². The average Bonchev–Trinajstić information content (AvgIpc) is 2.54. The number of hydrogen-bond donors (Lipinski definition) is 2. The van der Waals surface area contributed by atoms with E-state index < -0.39 is 0 Å². The summed E-state index contributed by atoms with van der Waals surface area (Å²) in [5.41, 5.74) is 3.06. The number of carbonyl (C=O) groups excluding carboxylic acids is 1. The van der Waals surface area contributed by atoms with Gasteiger partial charge in [0.15, 0.2) is 0 Å². The van der Waals surface area contributed by atoms with Crippen molar-refractivity contribution < 1.29 is 9.53 Å². The van der Waals surface area contributed by atoms with Crippen LogP contribution >= 0.6 is 0 Å². The third-order valence-electron chi connectivity index (χ3n) is 3.31. The first-order valence-corrected chi connectivity index (χ1v) is 7.18. The Hall–Kier alpha value is -2.56. The summed E-state index contributed by atoms with van der Waals surface area (Å²) in [5.74, 6) is 0.485. The fourth-order valence-electron chi connectivity index (χ4n) is 1.95.